The zero-order valence-electron chi connectivity index (χ0n) is 17.7. The summed E-state index contributed by atoms with van der Waals surface area (Å²) in [7, 11) is 0. The van der Waals surface area contributed by atoms with Crippen LogP contribution in [-0.4, -0.2) is 23.9 Å². The first-order chi connectivity index (χ1) is 14.5. The number of phenolic OH excluding ortho intramolecular Hbond substituents is 1. The molecule has 4 rings (SSSR count). The number of fused-ring (bicyclic) bond motifs is 3. The number of rotatable bonds is 6. The van der Waals surface area contributed by atoms with Gasteiger partial charge in [-0.15, -0.1) is 11.3 Å². The average molecular weight is 426 g/mol. The molecule has 0 amide bonds. The van der Waals surface area contributed by atoms with E-state index in [2.05, 4.69) is 18.8 Å². The van der Waals surface area contributed by atoms with Gasteiger partial charge < -0.3 is 14.3 Å². The third kappa shape index (κ3) is 4.01. The molecule has 0 bridgehead atoms. The Morgan fingerprint density at radius 1 is 1.33 bits per heavy atom. The van der Waals surface area contributed by atoms with Crippen LogP contribution in [0.1, 0.15) is 65.7 Å². The number of nitrogens with zero attached hydrogens (tertiary/aromatic N) is 1. The van der Waals surface area contributed by atoms with Gasteiger partial charge in [0.25, 0.3) is 0 Å². The van der Waals surface area contributed by atoms with E-state index >= 15 is 0 Å². The lowest BCUT2D eigenvalue weighted by molar-refractivity contribution is 0.0528. The van der Waals surface area contributed by atoms with Crippen LogP contribution in [0.4, 0.5) is 5.00 Å². The molecule has 2 heterocycles. The Morgan fingerprint density at radius 3 is 2.90 bits per heavy atom. The van der Waals surface area contributed by atoms with Crippen LogP contribution in [0.15, 0.2) is 27.6 Å². The summed E-state index contributed by atoms with van der Waals surface area (Å²) in [5, 5.41) is 12.1. The second-order valence-electron chi connectivity index (χ2n) is 8.09. The number of hydrogen-bond donors (Lipinski definition) is 1. The Hall–Kier alpha value is -2.60. The molecule has 1 aliphatic carbocycles. The zero-order chi connectivity index (χ0) is 21.3. The van der Waals surface area contributed by atoms with Crippen molar-refractivity contribution in [2.75, 3.05) is 6.61 Å². The maximum Gasteiger partial charge on any atom is 0.341 e. The van der Waals surface area contributed by atoms with Crippen LogP contribution in [-0.2, 0) is 24.0 Å². The third-order valence-electron chi connectivity index (χ3n) is 5.32. The van der Waals surface area contributed by atoms with Crippen LogP contribution < -0.4 is 0 Å². The lowest BCUT2D eigenvalue weighted by Crippen LogP contribution is -2.03. The molecule has 30 heavy (non-hydrogen) atoms. The Bertz CT molecular complexity index is 1110. The minimum absolute atomic E-state index is 0.164. The van der Waals surface area contributed by atoms with E-state index in [4.69, 9.17) is 9.15 Å². The summed E-state index contributed by atoms with van der Waals surface area (Å²) in [5.74, 6) is 1.29. The van der Waals surface area contributed by atoms with Crippen LogP contribution in [0.2, 0.25) is 0 Å². The molecule has 2 aromatic heterocycles. The van der Waals surface area contributed by atoms with E-state index in [0.29, 0.717) is 28.7 Å². The number of hydrogen-bond acceptors (Lipinski definition) is 6. The number of phenols is 1. The van der Waals surface area contributed by atoms with Gasteiger partial charge in [-0.05, 0) is 56.7 Å². The highest BCUT2D eigenvalue weighted by molar-refractivity contribution is 7.16. The summed E-state index contributed by atoms with van der Waals surface area (Å²) >= 11 is 1.50. The van der Waals surface area contributed by atoms with Crippen LogP contribution in [0.25, 0.3) is 11.0 Å². The Balaban J connectivity index is 1.77. The summed E-state index contributed by atoms with van der Waals surface area (Å²) in [4.78, 5) is 18.2. The smallest absolute Gasteiger partial charge is 0.341 e. The van der Waals surface area contributed by atoms with Crippen LogP contribution >= 0.6 is 11.3 Å². The molecule has 0 spiro atoms. The molecule has 0 saturated carbocycles. The second-order valence-corrected chi connectivity index (χ2v) is 9.21. The van der Waals surface area contributed by atoms with Gasteiger partial charge >= 0.3 is 5.97 Å². The summed E-state index contributed by atoms with van der Waals surface area (Å²) in [6.45, 7) is 6.41. The number of furan rings is 1. The van der Waals surface area contributed by atoms with E-state index in [1.165, 1.54) is 16.9 Å². The van der Waals surface area contributed by atoms with Gasteiger partial charge in [-0.3, -0.25) is 0 Å². The number of carbonyl (C=O) groups excluding carboxylic acids is 1. The van der Waals surface area contributed by atoms with E-state index in [1.807, 2.05) is 12.1 Å². The highest BCUT2D eigenvalue weighted by Gasteiger charge is 2.22. The predicted octanol–water partition coefficient (Wildman–Crippen LogP) is 6.20. The molecular formula is C24H27NO4S. The molecule has 1 N–H and O–H groups in total. The van der Waals surface area contributed by atoms with Crippen molar-refractivity contribution < 1.29 is 19.1 Å². The van der Waals surface area contributed by atoms with Crippen molar-refractivity contribution in [2.24, 2.45) is 10.9 Å². The summed E-state index contributed by atoms with van der Waals surface area (Å²) in [6, 6.07) is 5.34. The number of ether oxygens (including phenoxy) is 1. The number of thiophene rings is 1. The molecule has 0 aliphatic heterocycles. The minimum atomic E-state index is -0.362. The first-order valence-corrected chi connectivity index (χ1v) is 11.4. The molecule has 158 valence electrons. The van der Waals surface area contributed by atoms with Crippen molar-refractivity contribution in [1.82, 2.24) is 0 Å². The highest BCUT2D eigenvalue weighted by Crippen LogP contribution is 2.38. The van der Waals surface area contributed by atoms with Gasteiger partial charge in [-0.2, -0.15) is 0 Å². The quantitative estimate of drug-likeness (QED) is 0.377. The lowest BCUT2D eigenvalue weighted by atomic mass is 9.94. The van der Waals surface area contributed by atoms with Crippen LogP contribution in [0.5, 0.6) is 5.75 Å². The van der Waals surface area contributed by atoms with Gasteiger partial charge in [0.15, 0.2) is 0 Å². The first-order valence-electron chi connectivity index (χ1n) is 10.6. The molecule has 0 radical (unpaired) electrons. The SMILES string of the molecule is CCOC(=O)c1cc(CC(C)C)sc1/N=C/c1c(O)ccc2oc3c(c12)CCCC3. The topological polar surface area (TPSA) is 72.0 Å². The van der Waals surface area contributed by atoms with Crippen molar-refractivity contribution in [3.8, 4) is 5.75 Å². The number of esters is 1. The van der Waals surface area contributed by atoms with E-state index in [-0.39, 0.29) is 11.7 Å². The van der Waals surface area contributed by atoms with Gasteiger partial charge in [0.2, 0.25) is 0 Å². The number of aromatic hydroxyl groups is 1. The van der Waals surface area contributed by atoms with Gasteiger partial charge in [0, 0.05) is 34.0 Å². The minimum Gasteiger partial charge on any atom is -0.507 e. The summed E-state index contributed by atoms with van der Waals surface area (Å²) in [6.07, 6.45) is 6.65. The van der Waals surface area contributed by atoms with Gasteiger partial charge in [-0.1, -0.05) is 13.8 Å². The number of benzene rings is 1. The van der Waals surface area contributed by atoms with Crippen molar-refractivity contribution in [1.29, 1.82) is 0 Å². The third-order valence-corrected chi connectivity index (χ3v) is 6.38. The van der Waals surface area contributed by atoms with Crippen molar-refractivity contribution in [2.45, 2.75) is 52.9 Å². The normalized spacial score (nSPS) is 14.0. The Morgan fingerprint density at radius 2 is 2.13 bits per heavy atom. The summed E-state index contributed by atoms with van der Waals surface area (Å²) < 4.78 is 11.3. The fourth-order valence-corrected chi connectivity index (χ4v) is 5.21. The van der Waals surface area contributed by atoms with Gasteiger partial charge in [0.1, 0.15) is 22.1 Å². The zero-order valence-corrected chi connectivity index (χ0v) is 18.5. The number of aryl methyl sites for hydroxylation is 2. The molecule has 6 heteroatoms. The highest BCUT2D eigenvalue weighted by atomic mass is 32.1. The van der Waals surface area contributed by atoms with Crippen molar-refractivity contribution in [3.05, 3.63) is 45.5 Å². The van der Waals surface area contributed by atoms with Gasteiger partial charge in [-0.25, -0.2) is 9.79 Å². The standard InChI is InChI=1S/C24H27NO4S/c1-4-28-24(27)17-12-15(11-14(2)3)30-23(17)25-13-18-19(26)9-10-21-22(18)16-7-5-6-8-20(16)29-21/h9-10,12-14,26H,4-8,11H2,1-3H3/b25-13+. The van der Waals surface area contributed by atoms with Gasteiger partial charge in [0.05, 0.1) is 12.2 Å². The monoisotopic (exact) mass is 425 g/mol. The lowest BCUT2D eigenvalue weighted by Gasteiger charge is -2.09. The van der Waals surface area contributed by atoms with Crippen LogP contribution in [0.3, 0.4) is 0 Å². The first kappa shape index (κ1) is 20.7. The molecule has 3 aromatic rings. The maximum absolute atomic E-state index is 12.5. The number of carbonyl (C=O) groups is 1. The molecular weight excluding hydrogens is 398 g/mol. The second kappa shape index (κ2) is 8.64. The molecule has 0 unspecified atom stereocenters. The van der Waals surface area contributed by atoms with Crippen molar-refractivity contribution in [3.63, 3.8) is 0 Å². The largest absolute Gasteiger partial charge is 0.507 e. The number of aliphatic imine (C=N–C) groups is 1. The van der Waals surface area contributed by atoms with E-state index < -0.39 is 0 Å². The maximum atomic E-state index is 12.5. The van der Waals surface area contributed by atoms with Crippen LogP contribution in [0, 0.1) is 5.92 Å². The van der Waals surface area contributed by atoms with Crippen molar-refractivity contribution >= 4 is 39.5 Å². The Kier molecular flexibility index (Phi) is 5.95. The fraction of sp³-hybridized carbons (Fsp3) is 0.417. The molecule has 0 saturated heterocycles. The summed E-state index contributed by atoms with van der Waals surface area (Å²) in [5.41, 5.74) is 3.08. The molecule has 1 aromatic carbocycles. The van der Waals surface area contributed by atoms with E-state index in [1.54, 1.807) is 19.2 Å². The van der Waals surface area contributed by atoms with E-state index in [9.17, 15) is 9.90 Å². The predicted molar refractivity (Wildman–Crippen MR) is 121 cm³/mol. The molecule has 0 fully saturated rings. The Labute approximate surface area is 180 Å². The van der Waals surface area contributed by atoms with E-state index in [0.717, 1.165) is 53.7 Å². The molecule has 0 atom stereocenters. The average Bonchev–Trinajstić information content (AvgIpc) is 3.28. The molecule has 1 aliphatic rings. The molecule has 5 nitrogen and oxygen atoms in total. The fourth-order valence-electron chi connectivity index (χ4n) is 4.01.